The van der Waals surface area contributed by atoms with Crippen molar-refractivity contribution in [1.82, 2.24) is 14.9 Å². The number of nitrogens with one attached hydrogen (secondary N) is 1. The van der Waals surface area contributed by atoms with Crippen LogP contribution < -0.4 is 15.0 Å². The molecule has 0 fully saturated rings. The zero-order valence-electron chi connectivity index (χ0n) is 16.9. The van der Waals surface area contributed by atoms with Crippen LogP contribution >= 0.6 is 11.3 Å². The van der Waals surface area contributed by atoms with Gasteiger partial charge in [-0.3, -0.25) is 9.69 Å². The Morgan fingerprint density at radius 1 is 1.34 bits per heavy atom. The Kier molecular flexibility index (Phi) is 4.59. The zero-order valence-corrected chi connectivity index (χ0v) is 17.8. The molecule has 2 aromatic heterocycles. The number of thiophene rings is 1. The SMILES string of the molecule is C[C@H]1CCc2c(sc3nc([C@@H](C)N(C)Cc4ccc5c(c4)OCO5)[nH]c(=O)c23)C1. The highest BCUT2D eigenvalue weighted by Gasteiger charge is 2.24. The summed E-state index contributed by atoms with van der Waals surface area (Å²) in [5.74, 6) is 2.98. The maximum atomic E-state index is 12.9. The second-order valence-corrected chi connectivity index (χ2v) is 9.35. The number of aromatic nitrogens is 2. The molecule has 152 valence electrons. The summed E-state index contributed by atoms with van der Waals surface area (Å²) in [6.07, 6.45) is 3.19. The quantitative estimate of drug-likeness (QED) is 0.702. The number of aromatic amines is 1. The summed E-state index contributed by atoms with van der Waals surface area (Å²) in [5, 5.41) is 0.811. The largest absolute Gasteiger partial charge is 0.454 e. The van der Waals surface area contributed by atoms with Crippen molar-refractivity contribution >= 4 is 21.6 Å². The van der Waals surface area contributed by atoms with Crippen LogP contribution in [0.5, 0.6) is 11.5 Å². The zero-order chi connectivity index (χ0) is 20.1. The molecule has 0 spiro atoms. The molecule has 0 unspecified atom stereocenters. The van der Waals surface area contributed by atoms with E-state index in [0.717, 1.165) is 58.9 Å². The fraction of sp³-hybridized carbons (Fsp3) is 0.455. The second kappa shape index (κ2) is 7.15. The molecule has 2 atom stereocenters. The van der Waals surface area contributed by atoms with Crippen LogP contribution in [0.25, 0.3) is 10.2 Å². The fourth-order valence-electron chi connectivity index (χ4n) is 4.24. The van der Waals surface area contributed by atoms with E-state index in [9.17, 15) is 4.79 Å². The molecule has 0 saturated carbocycles. The van der Waals surface area contributed by atoms with Gasteiger partial charge >= 0.3 is 0 Å². The van der Waals surface area contributed by atoms with E-state index in [1.807, 2.05) is 25.2 Å². The molecule has 29 heavy (non-hydrogen) atoms. The highest BCUT2D eigenvalue weighted by Crippen LogP contribution is 2.36. The van der Waals surface area contributed by atoms with Gasteiger partial charge in [0.15, 0.2) is 11.5 Å². The summed E-state index contributed by atoms with van der Waals surface area (Å²) >= 11 is 1.70. The third-order valence-electron chi connectivity index (χ3n) is 6.11. The molecule has 3 heterocycles. The van der Waals surface area contributed by atoms with Gasteiger partial charge in [0.1, 0.15) is 10.7 Å². The average Bonchev–Trinajstić information content (AvgIpc) is 3.30. The van der Waals surface area contributed by atoms with Crippen molar-refractivity contribution in [2.45, 2.75) is 45.7 Å². The van der Waals surface area contributed by atoms with E-state index in [1.165, 1.54) is 10.4 Å². The minimum absolute atomic E-state index is 0.000354. The van der Waals surface area contributed by atoms with Crippen LogP contribution in [0.3, 0.4) is 0 Å². The molecule has 0 saturated heterocycles. The van der Waals surface area contributed by atoms with Crippen LogP contribution in [0, 0.1) is 5.92 Å². The summed E-state index contributed by atoms with van der Waals surface area (Å²) in [5.41, 5.74) is 2.36. The highest BCUT2D eigenvalue weighted by molar-refractivity contribution is 7.18. The molecule has 0 bridgehead atoms. The summed E-state index contributed by atoms with van der Waals surface area (Å²) in [6, 6.07) is 5.99. The standard InChI is InChI=1S/C22H25N3O3S/c1-12-4-6-15-18(8-12)29-22-19(15)21(26)23-20(24-22)13(2)25(3)10-14-5-7-16-17(9-14)28-11-27-16/h5,7,9,12-13H,4,6,8,10-11H2,1-3H3,(H,23,24,26)/t12-,13+/m0/s1. The molecule has 2 aliphatic rings. The summed E-state index contributed by atoms with van der Waals surface area (Å²) in [6.45, 7) is 5.36. The predicted molar refractivity (Wildman–Crippen MR) is 114 cm³/mol. The van der Waals surface area contributed by atoms with E-state index >= 15 is 0 Å². The lowest BCUT2D eigenvalue weighted by molar-refractivity contribution is 0.174. The van der Waals surface area contributed by atoms with Crippen molar-refractivity contribution in [2.24, 2.45) is 5.92 Å². The molecule has 1 aliphatic heterocycles. The van der Waals surface area contributed by atoms with Gasteiger partial charge in [-0.1, -0.05) is 13.0 Å². The van der Waals surface area contributed by atoms with E-state index in [1.54, 1.807) is 11.3 Å². The molecule has 7 heteroatoms. The Bertz CT molecular complexity index is 1140. The van der Waals surface area contributed by atoms with Crippen molar-refractivity contribution in [3.05, 3.63) is 50.4 Å². The number of ether oxygens (including phenoxy) is 2. The fourth-order valence-corrected chi connectivity index (χ4v) is 5.63. The number of benzene rings is 1. The predicted octanol–water partition coefficient (Wildman–Crippen LogP) is 4.03. The lowest BCUT2D eigenvalue weighted by atomic mass is 9.89. The van der Waals surface area contributed by atoms with Crippen LogP contribution in [0.2, 0.25) is 0 Å². The first-order chi connectivity index (χ1) is 14.0. The molecule has 1 aromatic carbocycles. The van der Waals surface area contributed by atoms with Gasteiger partial charge in [-0.2, -0.15) is 0 Å². The van der Waals surface area contributed by atoms with E-state index in [0.29, 0.717) is 5.92 Å². The van der Waals surface area contributed by atoms with Crippen molar-refractivity contribution in [3.8, 4) is 11.5 Å². The first-order valence-electron chi connectivity index (χ1n) is 10.1. The number of nitrogens with zero attached hydrogens (tertiary/aromatic N) is 2. The van der Waals surface area contributed by atoms with Crippen molar-refractivity contribution in [1.29, 1.82) is 0 Å². The molecule has 5 rings (SSSR count). The van der Waals surface area contributed by atoms with Crippen molar-refractivity contribution in [3.63, 3.8) is 0 Å². The number of fused-ring (bicyclic) bond motifs is 4. The van der Waals surface area contributed by atoms with Gasteiger partial charge in [0, 0.05) is 11.4 Å². The number of aryl methyl sites for hydroxylation is 1. The number of hydrogen-bond donors (Lipinski definition) is 1. The number of hydrogen-bond acceptors (Lipinski definition) is 6. The van der Waals surface area contributed by atoms with Gasteiger partial charge in [0.05, 0.1) is 11.4 Å². The second-order valence-electron chi connectivity index (χ2n) is 8.26. The van der Waals surface area contributed by atoms with Gasteiger partial charge in [-0.05, 0) is 62.4 Å². The first kappa shape index (κ1) is 18.6. The monoisotopic (exact) mass is 411 g/mol. The van der Waals surface area contributed by atoms with Gasteiger partial charge in [0.25, 0.3) is 5.56 Å². The van der Waals surface area contributed by atoms with E-state index < -0.39 is 0 Å². The minimum Gasteiger partial charge on any atom is -0.454 e. The minimum atomic E-state index is -0.0180. The van der Waals surface area contributed by atoms with E-state index in [-0.39, 0.29) is 18.4 Å². The maximum Gasteiger partial charge on any atom is 0.259 e. The molecule has 6 nitrogen and oxygen atoms in total. The van der Waals surface area contributed by atoms with Gasteiger partial charge in [-0.25, -0.2) is 4.98 Å². The Hall–Kier alpha value is -2.38. The van der Waals surface area contributed by atoms with Gasteiger partial charge in [0.2, 0.25) is 6.79 Å². The lowest BCUT2D eigenvalue weighted by Crippen LogP contribution is -2.26. The average molecular weight is 412 g/mol. The van der Waals surface area contributed by atoms with Crippen molar-refractivity contribution in [2.75, 3.05) is 13.8 Å². The van der Waals surface area contributed by atoms with Crippen LogP contribution in [-0.4, -0.2) is 28.7 Å². The van der Waals surface area contributed by atoms with Crippen molar-refractivity contribution < 1.29 is 9.47 Å². The molecule has 0 amide bonds. The Morgan fingerprint density at radius 3 is 3.03 bits per heavy atom. The smallest absolute Gasteiger partial charge is 0.259 e. The third kappa shape index (κ3) is 3.32. The van der Waals surface area contributed by atoms with Gasteiger partial charge in [-0.15, -0.1) is 11.3 Å². The molecule has 0 radical (unpaired) electrons. The first-order valence-corrected chi connectivity index (χ1v) is 10.9. The van der Waals surface area contributed by atoms with Crippen LogP contribution in [0.1, 0.15) is 48.1 Å². The molecular formula is C22H25N3O3S. The summed E-state index contributed by atoms with van der Waals surface area (Å²) in [7, 11) is 2.04. The summed E-state index contributed by atoms with van der Waals surface area (Å²) < 4.78 is 10.9. The normalized spacial score (nSPS) is 19.0. The number of H-pyrrole nitrogens is 1. The van der Waals surface area contributed by atoms with Gasteiger partial charge < -0.3 is 14.5 Å². The third-order valence-corrected chi connectivity index (χ3v) is 7.26. The van der Waals surface area contributed by atoms with Crippen LogP contribution in [0.4, 0.5) is 0 Å². The lowest BCUT2D eigenvalue weighted by Gasteiger charge is -2.24. The highest BCUT2D eigenvalue weighted by atomic mass is 32.1. The van der Waals surface area contributed by atoms with Crippen LogP contribution in [0.15, 0.2) is 23.0 Å². The Labute approximate surface area is 173 Å². The Morgan fingerprint density at radius 2 is 2.17 bits per heavy atom. The van der Waals surface area contributed by atoms with E-state index in [2.05, 4.69) is 23.7 Å². The number of rotatable bonds is 4. The molecule has 1 aliphatic carbocycles. The topological polar surface area (TPSA) is 67.5 Å². The van der Waals surface area contributed by atoms with Crippen LogP contribution in [-0.2, 0) is 19.4 Å². The van der Waals surface area contributed by atoms with E-state index in [4.69, 9.17) is 14.5 Å². The molecule has 1 N–H and O–H groups in total. The molecular weight excluding hydrogens is 386 g/mol. The Balaban J connectivity index is 1.41. The molecule has 3 aromatic rings. The maximum absolute atomic E-state index is 12.9. The summed E-state index contributed by atoms with van der Waals surface area (Å²) in [4.78, 5) is 25.2.